The van der Waals surface area contributed by atoms with Crippen molar-refractivity contribution in [3.63, 3.8) is 0 Å². The molecule has 5 nitrogen and oxygen atoms in total. The monoisotopic (exact) mass is 619 g/mol. The Morgan fingerprint density at radius 1 is 0.426 bits per heavy atom. The van der Waals surface area contributed by atoms with Crippen molar-refractivity contribution in [2.24, 2.45) is 0 Å². The molecule has 0 amide bonds. The van der Waals surface area contributed by atoms with Crippen LogP contribution in [-0.4, -0.2) is 24.9 Å². The molecule has 0 fully saturated rings. The zero-order valence-electron chi connectivity index (χ0n) is 25.1. The summed E-state index contributed by atoms with van der Waals surface area (Å²) < 4.78 is 2.43. The molecule has 0 bridgehead atoms. The van der Waals surface area contributed by atoms with Gasteiger partial charge in [-0.05, 0) is 41.5 Å². The maximum Gasteiger partial charge on any atom is 0.164 e. The molecular formula is C41H25N5S. The number of hydrogen-bond donors (Lipinski definition) is 0. The minimum absolute atomic E-state index is 0.636. The number of rotatable bonds is 5. The molecule has 0 spiro atoms. The van der Waals surface area contributed by atoms with E-state index in [1.165, 1.54) is 14.8 Å². The number of benzene rings is 5. The largest absolute Gasteiger partial charge is 0.256 e. The Labute approximate surface area is 275 Å². The van der Waals surface area contributed by atoms with Crippen molar-refractivity contribution in [1.82, 2.24) is 24.9 Å². The summed E-state index contributed by atoms with van der Waals surface area (Å²) in [4.78, 5) is 24.4. The van der Waals surface area contributed by atoms with E-state index in [4.69, 9.17) is 24.9 Å². The maximum atomic E-state index is 4.95. The topological polar surface area (TPSA) is 64.5 Å². The predicted octanol–water partition coefficient (Wildman–Crippen LogP) is 10.5. The number of thiophene rings is 1. The first-order chi connectivity index (χ1) is 23.3. The lowest BCUT2D eigenvalue weighted by Crippen LogP contribution is -2.00. The molecule has 4 aromatic heterocycles. The Bertz CT molecular complexity index is 2520. The summed E-state index contributed by atoms with van der Waals surface area (Å²) in [7, 11) is 0. The molecule has 6 heteroatoms. The summed E-state index contributed by atoms with van der Waals surface area (Å²) >= 11 is 1.79. The predicted molar refractivity (Wildman–Crippen MR) is 193 cm³/mol. The van der Waals surface area contributed by atoms with Gasteiger partial charge in [-0.15, -0.1) is 11.3 Å². The highest BCUT2D eigenvalue weighted by molar-refractivity contribution is 7.25. The Balaban J connectivity index is 1.19. The number of hydrogen-bond acceptors (Lipinski definition) is 6. The van der Waals surface area contributed by atoms with Crippen LogP contribution in [0.5, 0.6) is 0 Å². The summed E-state index contributed by atoms with van der Waals surface area (Å²) in [6, 6.07) is 47.8. The molecule has 5 aromatic carbocycles. The lowest BCUT2D eigenvalue weighted by Gasteiger charge is -2.10. The van der Waals surface area contributed by atoms with Gasteiger partial charge < -0.3 is 0 Å². The molecule has 0 unspecified atom stereocenters. The van der Waals surface area contributed by atoms with E-state index in [1.54, 1.807) is 11.3 Å². The van der Waals surface area contributed by atoms with Crippen molar-refractivity contribution >= 4 is 42.4 Å². The molecule has 9 rings (SSSR count). The van der Waals surface area contributed by atoms with Crippen LogP contribution in [0.2, 0.25) is 0 Å². The normalized spacial score (nSPS) is 11.4. The molecule has 0 atom stereocenters. The van der Waals surface area contributed by atoms with E-state index in [-0.39, 0.29) is 0 Å². The molecule has 9 aromatic rings. The van der Waals surface area contributed by atoms with E-state index in [2.05, 4.69) is 72.8 Å². The van der Waals surface area contributed by atoms with Crippen molar-refractivity contribution in [3.05, 3.63) is 152 Å². The van der Waals surface area contributed by atoms with Crippen LogP contribution in [0.3, 0.4) is 0 Å². The highest BCUT2D eigenvalue weighted by Gasteiger charge is 2.17. The van der Waals surface area contributed by atoms with Crippen molar-refractivity contribution < 1.29 is 0 Å². The van der Waals surface area contributed by atoms with Crippen LogP contribution >= 0.6 is 11.3 Å². The molecule has 0 aliphatic carbocycles. The van der Waals surface area contributed by atoms with Gasteiger partial charge in [0.25, 0.3) is 0 Å². The summed E-state index contributed by atoms with van der Waals surface area (Å²) in [5, 5.41) is 3.44. The van der Waals surface area contributed by atoms with Gasteiger partial charge in [0.2, 0.25) is 0 Å². The summed E-state index contributed by atoms with van der Waals surface area (Å²) in [5.41, 5.74) is 7.98. The van der Waals surface area contributed by atoms with E-state index in [0.29, 0.717) is 17.5 Å². The Morgan fingerprint density at radius 3 is 1.83 bits per heavy atom. The number of fused-ring (bicyclic) bond motifs is 4. The first-order valence-corrected chi connectivity index (χ1v) is 16.2. The number of nitrogens with zero attached hydrogens (tertiary/aromatic N) is 5. The van der Waals surface area contributed by atoms with E-state index in [0.717, 1.165) is 55.4 Å². The molecule has 0 N–H and O–H groups in total. The van der Waals surface area contributed by atoms with Crippen LogP contribution in [0.1, 0.15) is 0 Å². The lowest BCUT2D eigenvalue weighted by molar-refractivity contribution is 1.07. The van der Waals surface area contributed by atoms with E-state index >= 15 is 0 Å². The fourth-order valence-corrected chi connectivity index (χ4v) is 7.26. The molecule has 220 valence electrons. The quantitative estimate of drug-likeness (QED) is 0.192. The highest BCUT2D eigenvalue weighted by Crippen LogP contribution is 2.42. The van der Waals surface area contributed by atoms with Crippen LogP contribution in [0, 0.1) is 0 Å². The molecule has 0 aliphatic rings. The minimum Gasteiger partial charge on any atom is -0.256 e. The second-order valence-corrected chi connectivity index (χ2v) is 12.4. The number of aromatic nitrogens is 5. The first-order valence-electron chi connectivity index (χ1n) is 15.4. The first kappa shape index (κ1) is 27.2. The standard InChI is InChI=1S/C41H25N5S/c1-3-10-27(11-4-1)39-44-40(28-12-5-2-6-13-28)46-41(45-39)31-16-7-15-29(24-31)30-19-20-34-33(25-30)36-35(47-34)21-23-43-38(36)32-18-8-14-26-17-9-22-42-37(26)32/h1-25H. The Morgan fingerprint density at radius 2 is 1.06 bits per heavy atom. The third-order valence-corrected chi connectivity index (χ3v) is 9.56. The highest BCUT2D eigenvalue weighted by atomic mass is 32.1. The van der Waals surface area contributed by atoms with Crippen molar-refractivity contribution in [2.75, 3.05) is 0 Å². The fourth-order valence-electron chi connectivity index (χ4n) is 6.18. The summed E-state index contributed by atoms with van der Waals surface area (Å²) in [6.07, 6.45) is 3.75. The van der Waals surface area contributed by atoms with Crippen LogP contribution in [0.4, 0.5) is 0 Å². The van der Waals surface area contributed by atoms with Crippen LogP contribution < -0.4 is 0 Å². The van der Waals surface area contributed by atoms with Gasteiger partial charge in [0.05, 0.1) is 11.2 Å². The molecule has 0 aliphatic heterocycles. The molecular weight excluding hydrogens is 595 g/mol. The molecule has 4 heterocycles. The minimum atomic E-state index is 0.636. The van der Waals surface area contributed by atoms with E-state index < -0.39 is 0 Å². The zero-order valence-corrected chi connectivity index (χ0v) is 25.9. The van der Waals surface area contributed by atoms with Gasteiger partial charge in [0.1, 0.15) is 0 Å². The second kappa shape index (κ2) is 11.4. The Hall–Kier alpha value is -6.11. The SMILES string of the molecule is c1ccc(-c2nc(-c3ccccc3)nc(-c3cccc(-c4ccc5sc6ccnc(-c7cccc8cccnc78)c6c5c4)c3)n2)cc1. The van der Waals surface area contributed by atoms with Gasteiger partial charge in [0.15, 0.2) is 17.5 Å². The lowest BCUT2D eigenvalue weighted by atomic mass is 9.98. The van der Waals surface area contributed by atoms with Crippen molar-refractivity contribution in [3.8, 4) is 56.5 Å². The van der Waals surface area contributed by atoms with Gasteiger partial charge in [0, 0.05) is 60.2 Å². The van der Waals surface area contributed by atoms with Gasteiger partial charge in [-0.3, -0.25) is 9.97 Å². The molecule has 0 saturated carbocycles. The van der Waals surface area contributed by atoms with E-state index in [1.807, 2.05) is 79.1 Å². The smallest absolute Gasteiger partial charge is 0.164 e. The molecule has 0 radical (unpaired) electrons. The van der Waals surface area contributed by atoms with Crippen LogP contribution in [0.15, 0.2) is 152 Å². The van der Waals surface area contributed by atoms with Crippen LogP contribution in [0.25, 0.3) is 87.6 Å². The molecule has 47 heavy (non-hydrogen) atoms. The summed E-state index contributed by atoms with van der Waals surface area (Å²) in [6.45, 7) is 0. The van der Waals surface area contributed by atoms with Gasteiger partial charge in [-0.25, -0.2) is 15.0 Å². The van der Waals surface area contributed by atoms with Crippen molar-refractivity contribution in [1.29, 1.82) is 0 Å². The van der Waals surface area contributed by atoms with Crippen LogP contribution in [-0.2, 0) is 0 Å². The third kappa shape index (κ3) is 4.92. The second-order valence-electron chi connectivity index (χ2n) is 11.3. The van der Waals surface area contributed by atoms with Gasteiger partial charge in [-0.1, -0.05) is 109 Å². The maximum absolute atomic E-state index is 4.95. The number of para-hydroxylation sites is 1. The average molecular weight is 620 g/mol. The summed E-state index contributed by atoms with van der Waals surface area (Å²) in [5.74, 6) is 1.93. The fraction of sp³-hybridized carbons (Fsp3) is 0. The van der Waals surface area contributed by atoms with Crippen molar-refractivity contribution in [2.45, 2.75) is 0 Å². The number of pyridine rings is 2. The Kier molecular flexibility index (Phi) is 6.58. The molecule has 0 saturated heterocycles. The van der Waals surface area contributed by atoms with Gasteiger partial charge >= 0.3 is 0 Å². The van der Waals surface area contributed by atoms with Gasteiger partial charge in [-0.2, -0.15) is 0 Å². The average Bonchev–Trinajstić information content (AvgIpc) is 3.53. The van der Waals surface area contributed by atoms with E-state index in [9.17, 15) is 0 Å². The zero-order chi connectivity index (χ0) is 31.2. The third-order valence-electron chi connectivity index (χ3n) is 8.42.